The van der Waals surface area contributed by atoms with Gasteiger partial charge in [-0.15, -0.1) is 0 Å². The van der Waals surface area contributed by atoms with E-state index in [-0.39, 0.29) is 32.2 Å². The second-order valence-electron chi connectivity index (χ2n) is 8.87. The van der Waals surface area contributed by atoms with Crippen LogP contribution >= 0.6 is 0 Å². The van der Waals surface area contributed by atoms with Crippen LogP contribution in [0.3, 0.4) is 0 Å². The Morgan fingerprint density at radius 1 is 0.944 bits per heavy atom. The average Bonchev–Trinajstić information content (AvgIpc) is 3.66. The minimum atomic E-state index is -0.762. The predicted octanol–water partition coefficient (Wildman–Crippen LogP) is 3.44. The number of nitrogens with zero attached hydrogens (tertiary/aromatic N) is 4. The van der Waals surface area contributed by atoms with Gasteiger partial charge < -0.3 is 34.3 Å². The molecule has 2 heterocycles. The van der Waals surface area contributed by atoms with E-state index in [1.165, 1.54) is 0 Å². The van der Waals surface area contributed by atoms with E-state index in [1.807, 2.05) is 0 Å². The molecule has 2 saturated carbocycles. The van der Waals surface area contributed by atoms with Crippen LogP contribution in [0.4, 0.5) is 21.4 Å². The molecule has 0 unspecified atom stereocenters. The van der Waals surface area contributed by atoms with Crippen molar-refractivity contribution < 1.29 is 33.3 Å². The first kappa shape index (κ1) is 25.7. The first-order valence-corrected chi connectivity index (χ1v) is 12.4. The van der Waals surface area contributed by atoms with Crippen LogP contribution in [0.5, 0.6) is 0 Å². The van der Waals surface area contributed by atoms with Gasteiger partial charge in [0.2, 0.25) is 5.95 Å². The fourth-order valence-electron chi connectivity index (χ4n) is 4.33. The minimum absolute atomic E-state index is 0.0204. The van der Waals surface area contributed by atoms with Gasteiger partial charge in [-0.05, 0) is 51.4 Å². The number of anilines is 2. The summed E-state index contributed by atoms with van der Waals surface area (Å²) in [6.45, 7) is -0.298. The van der Waals surface area contributed by atoms with Crippen molar-refractivity contribution in [3.63, 3.8) is 0 Å². The Labute approximate surface area is 209 Å². The van der Waals surface area contributed by atoms with E-state index in [0.717, 1.165) is 51.4 Å². The van der Waals surface area contributed by atoms with Crippen LogP contribution in [-0.4, -0.2) is 77.5 Å². The first-order valence-electron chi connectivity index (χ1n) is 12.4. The number of ether oxygens (including phenoxy) is 5. The van der Waals surface area contributed by atoms with Gasteiger partial charge in [0.25, 0.3) is 0 Å². The van der Waals surface area contributed by atoms with Crippen molar-refractivity contribution in [2.45, 2.75) is 76.4 Å². The summed E-state index contributed by atoms with van der Waals surface area (Å²) in [5.41, 5.74) is 1.12. The molecule has 2 aliphatic carbocycles. The van der Waals surface area contributed by atoms with E-state index in [9.17, 15) is 9.59 Å². The fourth-order valence-corrected chi connectivity index (χ4v) is 4.33. The van der Waals surface area contributed by atoms with Gasteiger partial charge >= 0.3 is 12.3 Å². The molecule has 2 aliphatic rings. The van der Waals surface area contributed by atoms with Gasteiger partial charge in [-0.1, -0.05) is 0 Å². The molecule has 4 rings (SSSR count). The Bertz CT molecular complexity index is 986. The predicted molar refractivity (Wildman–Crippen MR) is 129 cm³/mol. The molecule has 2 fully saturated rings. The van der Waals surface area contributed by atoms with Crippen molar-refractivity contribution in [2.24, 2.45) is 0 Å². The normalized spacial score (nSPS) is 16.4. The van der Waals surface area contributed by atoms with Crippen LogP contribution in [-0.2, 0) is 30.4 Å². The second kappa shape index (κ2) is 12.6. The van der Waals surface area contributed by atoms with Crippen LogP contribution < -0.4 is 10.6 Å². The minimum Gasteiger partial charge on any atom is -0.431 e. The van der Waals surface area contributed by atoms with Gasteiger partial charge in [-0.25, -0.2) is 14.6 Å². The quantitative estimate of drug-likeness (QED) is 0.430. The van der Waals surface area contributed by atoms with Gasteiger partial charge in [-0.2, -0.15) is 9.97 Å². The lowest BCUT2D eigenvalue weighted by Crippen LogP contribution is -2.31. The number of rotatable bonds is 11. The van der Waals surface area contributed by atoms with Gasteiger partial charge in [0.15, 0.2) is 17.0 Å². The summed E-state index contributed by atoms with van der Waals surface area (Å²) in [5.74, 6) is 0.983. The van der Waals surface area contributed by atoms with Crippen molar-refractivity contribution in [1.82, 2.24) is 19.5 Å². The van der Waals surface area contributed by atoms with E-state index in [4.69, 9.17) is 23.7 Å². The topological polar surface area (TPSA) is 148 Å². The van der Waals surface area contributed by atoms with E-state index < -0.39 is 18.4 Å². The van der Waals surface area contributed by atoms with Crippen molar-refractivity contribution in [3.8, 4) is 0 Å². The Balaban J connectivity index is 1.37. The molecule has 2 aromatic heterocycles. The summed E-state index contributed by atoms with van der Waals surface area (Å²) in [6.07, 6.45) is 6.54. The van der Waals surface area contributed by atoms with E-state index in [2.05, 4.69) is 25.6 Å². The van der Waals surface area contributed by atoms with Crippen LogP contribution in [0.15, 0.2) is 6.33 Å². The third-order valence-corrected chi connectivity index (χ3v) is 6.28. The van der Waals surface area contributed by atoms with E-state index in [0.29, 0.717) is 22.9 Å². The van der Waals surface area contributed by atoms with Crippen LogP contribution in [0.1, 0.15) is 51.4 Å². The van der Waals surface area contributed by atoms with Crippen molar-refractivity contribution >= 4 is 35.2 Å². The number of aromatic nitrogens is 4. The highest BCUT2D eigenvalue weighted by Gasteiger charge is 2.24. The Morgan fingerprint density at radius 3 is 2.06 bits per heavy atom. The molecular weight excluding hydrogens is 472 g/mol. The molecule has 198 valence electrons. The lowest BCUT2D eigenvalue weighted by molar-refractivity contribution is -0.0768. The molecule has 0 amide bonds. The molecule has 0 radical (unpaired) electrons. The summed E-state index contributed by atoms with van der Waals surface area (Å²) in [6, 6.07) is 0. The zero-order valence-corrected chi connectivity index (χ0v) is 20.7. The molecule has 0 atom stereocenters. The standard InChI is InChI=1S/C23H34N6O7/c1-24-19-18-20(28-21(25-2)27-19)29(13-26-18)14-34-17(11-32-22(30)35-15-7-3-4-8-15)12-33-23(31)36-16-9-5-6-10-16/h13,15-17H,3-12,14H2,1-2H3,(H2,24,25,27,28). The molecule has 2 aromatic rings. The molecular formula is C23H34N6O7. The highest BCUT2D eigenvalue weighted by Crippen LogP contribution is 2.23. The van der Waals surface area contributed by atoms with Crippen LogP contribution in [0, 0.1) is 0 Å². The van der Waals surface area contributed by atoms with Gasteiger partial charge in [0, 0.05) is 14.1 Å². The number of carbonyl (C=O) groups excluding carboxylic acids is 2. The lowest BCUT2D eigenvalue weighted by atomic mass is 10.3. The molecule has 13 heteroatoms. The maximum Gasteiger partial charge on any atom is 0.508 e. The van der Waals surface area contributed by atoms with Crippen molar-refractivity contribution in [1.29, 1.82) is 0 Å². The number of hydrogen-bond donors (Lipinski definition) is 2. The van der Waals surface area contributed by atoms with Crippen molar-refractivity contribution in [2.75, 3.05) is 37.9 Å². The van der Waals surface area contributed by atoms with Crippen LogP contribution in [0.2, 0.25) is 0 Å². The van der Waals surface area contributed by atoms with E-state index >= 15 is 0 Å². The molecule has 13 nitrogen and oxygen atoms in total. The Morgan fingerprint density at radius 2 is 1.53 bits per heavy atom. The third-order valence-electron chi connectivity index (χ3n) is 6.28. The Hall–Kier alpha value is -3.35. The maximum absolute atomic E-state index is 12.1. The summed E-state index contributed by atoms with van der Waals surface area (Å²) in [5, 5.41) is 5.91. The van der Waals surface area contributed by atoms with Gasteiger partial charge in [0.1, 0.15) is 38.3 Å². The molecule has 0 saturated heterocycles. The number of nitrogens with one attached hydrogen (secondary N) is 2. The smallest absolute Gasteiger partial charge is 0.431 e. The first-order chi connectivity index (χ1) is 17.6. The number of fused-ring (bicyclic) bond motifs is 1. The molecule has 0 aromatic carbocycles. The third kappa shape index (κ3) is 6.86. The van der Waals surface area contributed by atoms with Gasteiger partial charge in [0.05, 0.1) is 6.33 Å². The largest absolute Gasteiger partial charge is 0.508 e. The van der Waals surface area contributed by atoms with Crippen LogP contribution in [0.25, 0.3) is 11.2 Å². The second-order valence-corrected chi connectivity index (χ2v) is 8.87. The fraction of sp³-hybridized carbons (Fsp3) is 0.696. The zero-order valence-electron chi connectivity index (χ0n) is 20.7. The molecule has 2 N–H and O–H groups in total. The number of imidazole rings is 1. The summed E-state index contributed by atoms with van der Waals surface area (Å²) >= 11 is 0. The molecule has 36 heavy (non-hydrogen) atoms. The molecule has 0 spiro atoms. The Kier molecular flexibility index (Phi) is 8.98. The SMILES string of the molecule is CNc1nc(NC)c2ncn(COC(COC(=O)OC3CCCC3)COC(=O)OC3CCCC3)c2n1. The maximum atomic E-state index is 12.1. The molecule has 0 aliphatic heterocycles. The average molecular weight is 507 g/mol. The summed E-state index contributed by atoms with van der Waals surface area (Å²) in [4.78, 5) is 37.4. The highest BCUT2D eigenvalue weighted by molar-refractivity contribution is 5.84. The zero-order chi connectivity index (χ0) is 25.3. The summed E-state index contributed by atoms with van der Waals surface area (Å²) < 4.78 is 28.8. The van der Waals surface area contributed by atoms with E-state index in [1.54, 1.807) is 25.0 Å². The molecule has 0 bridgehead atoms. The monoisotopic (exact) mass is 506 g/mol. The number of carbonyl (C=O) groups is 2. The summed E-state index contributed by atoms with van der Waals surface area (Å²) in [7, 11) is 3.47. The van der Waals surface area contributed by atoms with Gasteiger partial charge in [-0.3, -0.25) is 4.57 Å². The number of hydrogen-bond acceptors (Lipinski definition) is 12. The highest BCUT2D eigenvalue weighted by atomic mass is 16.7. The van der Waals surface area contributed by atoms with Crippen molar-refractivity contribution in [3.05, 3.63) is 6.33 Å². The lowest BCUT2D eigenvalue weighted by Gasteiger charge is -2.19.